The molecule has 0 radical (unpaired) electrons. The molecule has 0 unspecified atom stereocenters. The highest BCUT2D eigenvalue weighted by Crippen LogP contribution is 2.30. The van der Waals surface area contributed by atoms with Gasteiger partial charge in [0, 0.05) is 35.8 Å². The fraction of sp³-hybridized carbons (Fsp3) is 0.318. The molecule has 0 spiro atoms. The molecular weight excluding hydrogens is 352 g/mol. The zero-order valence-corrected chi connectivity index (χ0v) is 15.9. The van der Waals surface area contributed by atoms with Crippen molar-refractivity contribution < 1.29 is 9.53 Å². The number of nitrogens with one attached hydrogen (secondary N) is 1. The predicted octanol–water partition coefficient (Wildman–Crippen LogP) is 3.35. The minimum absolute atomic E-state index is 0.141. The average molecular weight is 376 g/mol. The Labute approximate surface area is 164 Å². The van der Waals surface area contributed by atoms with Crippen molar-refractivity contribution in [2.75, 3.05) is 18.9 Å². The molecule has 1 aliphatic heterocycles. The second-order valence-electron chi connectivity index (χ2n) is 7.02. The summed E-state index contributed by atoms with van der Waals surface area (Å²) >= 11 is 0. The molecule has 3 heterocycles. The molecule has 0 bridgehead atoms. The molecule has 1 amide bonds. The first-order valence-corrected chi connectivity index (χ1v) is 9.70. The number of anilines is 1. The number of carbonyl (C=O) groups is 1. The van der Waals surface area contributed by atoms with Gasteiger partial charge in [-0.2, -0.15) is 0 Å². The third-order valence-corrected chi connectivity index (χ3v) is 5.13. The predicted molar refractivity (Wildman–Crippen MR) is 110 cm³/mol. The number of pyridine rings is 2. The molecule has 3 N–H and O–H groups in total. The summed E-state index contributed by atoms with van der Waals surface area (Å²) in [6, 6.07) is 13.7. The summed E-state index contributed by atoms with van der Waals surface area (Å²) in [5.41, 5.74) is 9.96. The Kier molecular flexibility index (Phi) is 5.21. The van der Waals surface area contributed by atoms with Crippen molar-refractivity contribution in [3.8, 4) is 11.1 Å². The van der Waals surface area contributed by atoms with Crippen LogP contribution in [0.1, 0.15) is 35.9 Å². The lowest BCUT2D eigenvalue weighted by Gasteiger charge is -2.23. The third-order valence-electron chi connectivity index (χ3n) is 5.13. The number of hydrogen-bond acceptors (Lipinski definition) is 5. The maximum absolute atomic E-state index is 12.7. The van der Waals surface area contributed by atoms with Gasteiger partial charge in [-0.3, -0.25) is 4.79 Å². The van der Waals surface area contributed by atoms with Crippen LogP contribution >= 0.6 is 0 Å². The van der Waals surface area contributed by atoms with Crippen molar-refractivity contribution in [1.29, 1.82) is 0 Å². The Balaban J connectivity index is 1.73. The molecule has 28 heavy (non-hydrogen) atoms. The van der Waals surface area contributed by atoms with Crippen LogP contribution in [0.4, 0.5) is 5.82 Å². The molecule has 4 rings (SSSR count). The van der Waals surface area contributed by atoms with Crippen molar-refractivity contribution in [1.82, 2.24) is 15.3 Å². The molecule has 0 atom stereocenters. The monoisotopic (exact) mass is 376 g/mol. The quantitative estimate of drug-likeness (QED) is 0.729. The maximum Gasteiger partial charge on any atom is 0.270 e. The summed E-state index contributed by atoms with van der Waals surface area (Å²) in [5, 5.41) is 4.06. The van der Waals surface area contributed by atoms with Gasteiger partial charge in [-0.05, 0) is 37.5 Å². The van der Waals surface area contributed by atoms with Crippen molar-refractivity contribution in [2.24, 2.45) is 0 Å². The average Bonchev–Trinajstić information content (AvgIpc) is 2.73. The van der Waals surface area contributed by atoms with Crippen LogP contribution in [-0.2, 0) is 11.2 Å². The Morgan fingerprint density at radius 2 is 1.93 bits per heavy atom. The minimum atomic E-state index is -0.144. The van der Waals surface area contributed by atoms with E-state index >= 15 is 0 Å². The number of nitrogens with two attached hydrogens (primary N) is 1. The van der Waals surface area contributed by atoms with Crippen molar-refractivity contribution in [2.45, 2.75) is 32.2 Å². The number of hydrogen-bond donors (Lipinski definition) is 2. The highest BCUT2D eigenvalue weighted by atomic mass is 16.5. The number of nitrogen functional groups attached to an aromatic ring is 1. The van der Waals surface area contributed by atoms with Gasteiger partial charge in [0.2, 0.25) is 0 Å². The van der Waals surface area contributed by atoms with E-state index in [2.05, 4.69) is 17.2 Å². The number of aryl methyl sites for hydroxylation is 1. The summed E-state index contributed by atoms with van der Waals surface area (Å²) in [6.07, 6.45) is 2.43. The molecule has 1 fully saturated rings. The Morgan fingerprint density at radius 1 is 1.11 bits per heavy atom. The molecule has 0 aliphatic carbocycles. The van der Waals surface area contributed by atoms with Crippen LogP contribution in [0.2, 0.25) is 0 Å². The van der Waals surface area contributed by atoms with Gasteiger partial charge in [-0.1, -0.05) is 31.2 Å². The molecule has 3 aromatic rings. The standard InChI is InChI=1S/C22H24N4O2/c1-2-18-16(7-9-20(23)25-18)17-5-3-4-14-6-8-19(26-21(14)17)22(27)24-15-10-12-28-13-11-15/h3-9,15H,2,10-13H2,1H3,(H2,23,25)(H,24,27). The van der Waals surface area contributed by atoms with Gasteiger partial charge in [-0.25, -0.2) is 9.97 Å². The van der Waals surface area contributed by atoms with Crippen LogP contribution < -0.4 is 11.1 Å². The minimum Gasteiger partial charge on any atom is -0.384 e. The van der Waals surface area contributed by atoms with Gasteiger partial charge in [0.15, 0.2) is 0 Å². The van der Waals surface area contributed by atoms with Gasteiger partial charge in [-0.15, -0.1) is 0 Å². The molecule has 6 heteroatoms. The van der Waals surface area contributed by atoms with Crippen LogP contribution in [0.3, 0.4) is 0 Å². The topological polar surface area (TPSA) is 90.1 Å². The smallest absolute Gasteiger partial charge is 0.270 e. The van der Waals surface area contributed by atoms with Crippen LogP contribution in [0.15, 0.2) is 42.5 Å². The summed E-state index contributed by atoms with van der Waals surface area (Å²) < 4.78 is 5.36. The number of carbonyl (C=O) groups excluding carboxylic acids is 1. The van der Waals surface area contributed by atoms with Gasteiger partial charge < -0.3 is 15.8 Å². The van der Waals surface area contributed by atoms with E-state index in [0.717, 1.165) is 47.0 Å². The fourth-order valence-electron chi connectivity index (χ4n) is 3.63. The number of ether oxygens (including phenoxy) is 1. The lowest BCUT2D eigenvalue weighted by Crippen LogP contribution is -2.39. The largest absolute Gasteiger partial charge is 0.384 e. The fourth-order valence-corrected chi connectivity index (χ4v) is 3.63. The second kappa shape index (κ2) is 7.94. The number of aromatic nitrogens is 2. The summed E-state index contributed by atoms with van der Waals surface area (Å²) in [5.74, 6) is 0.361. The van der Waals surface area contributed by atoms with Crippen molar-refractivity contribution >= 4 is 22.6 Å². The lowest BCUT2D eigenvalue weighted by atomic mass is 9.99. The van der Waals surface area contributed by atoms with Crippen LogP contribution in [0, 0.1) is 0 Å². The first kappa shape index (κ1) is 18.4. The number of fused-ring (bicyclic) bond motifs is 1. The molecule has 2 aromatic heterocycles. The number of nitrogens with zero attached hydrogens (tertiary/aromatic N) is 2. The van der Waals surface area contributed by atoms with E-state index in [1.54, 1.807) is 12.1 Å². The van der Waals surface area contributed by atoms with E-state index in [1.165, 1.54) is 0 Å². The number of benzene rings is 1. The Bertz CT molecular complexity index is 1010. The van der Waals surface area contributed by atoms with Gasteiger partial charge in [0.1, 0.15) is 11.5 Å². The summed E-state index contributed by atoms with van der Waals surface area (Å²) in [4.78, 5) is 21.9. The molecule has 6 nitrogen and oxygen atoms in total. The van der Waals surface area contributed by atoms with Crippen LogP contribution in [0.5, 0.6) is 0 Å². The first-order valence-electron chi connectivity index (χ1n) is 9.70. The summed E-state index contributed by atoms with van der Waals surface area (Å²) in [7, 11) is 0. The highest BCUT2D eigenvalue weighted by molar-refractivity contribution is 5.99. The van der Waals surface area contributed by atoms with Crippen LogP contribution in [0.25, 0.3) is 22.0 Å². The SMILES string of the molecule is CCc1nc(N)ccc1-c1cccc2ccc(C(=O)NC3CCOCC3)nc12. The molecule has 1 saturated heterocycles. The Hall–Kier alpha value is -2.99. The molecular formula is C22H24N4O2. The lowest BCUT2D eigenvalue weighted by molar-refractivity contribution is 0.0694. The van der Waals surface area contributed by atoms with E-state index in [0.29, 0.717) is 24.7 Å². The van der Waals surface area contributed by atoms with E-state index in [-0.39, 0.29) is 11.9 Å². The Morgan fingerprint density at radius 3 is 2.71 bits per heavy atom. The number of amides is 1. The van der Waals surface area contributed by atoms with Crippen molar-refractivity contribution in [3.05, 3.63) is 53.9 Å². The van der Waals surface area contributed by atoms with Gasteiger partial charge in [0.05, 0.1) is 11.2 Å². The zero-order chi connectivity index (χ0) is 19.5. The van der Waals surface area contributed by atoms with Gasteiger partial charge in [0.25, 0.3) is 5.91 Å². The van der Waals surface area contributed by atoms with E-state index in [9.17, 15) is 4.79 Å². The van der Waals surface area contributed by atoms with E-state index in [4.69, 9.17) is 15.5 Å². The van der Waals surface area contributed by atoms with E-state index < -0.39 is 0 Å². The number of para-hydroxylation sites is 1. The molecule has 144 valence electrons. The first-order chi connectivity index (χ1) is 13.7. The van der Waals surface area contributed by atoms with Crippen LogP contribution in [-0.4, -0.2) is 35.1 Å². The third kappa shape index (κ3) is 3.68. The molecule has 1 aliphatic rings. The molecule has 1 aromatic carbocycles. The second-order valence-corrected chi connectivity index (χ2v) is 7.02. The maximum atomic E-state index is 12.7. The zero-order valence-electron chi connectivity index (χ0n) is 15.9. The normalized spacial score (nSPS) is 14.9. The summed E-state index contributed by atoms with van der Waals surface area (Å²) in [6.45, 7) is 3.42. The highest BCUT2D eigenvalue weighted by Gasteiger charge is 2.19. The van der Waals surface area contributed by atoms with Gasteiger partial charge >= 0.3 is 0 Å². The molecule has 0 saturated carbocycles. The number of rotatable bonds is 4. The van der Waals surface area contributed by atoms with E-state index in [1.807, 2.05) is 30.3 Å². The van der Waals surface area contributed by atoms with Crippen molar-refractivity contribution in [3.63, 3.8) is 0 Å².